The molecule has 1 aliphatic carbocycles. The van der Waals surface area contributed by atoms with E-state index < -0.39 is 0 Å². The number of nitrogens with zero attached hydrogens (tertiary/aromatic N) is 3. The summed E-state index contributed by atoms with van der Waals surface area (Å²) in [5.41, 5.74) is 7.08. The molecule has 0 saturated heterocycles. The van der Waals surface area contributed by atoms with Crippen molar-refractivity contribution in [1.82, 2.24) is 19.9 Å². The van der Waals surface area contributed by atoms with Crippen molar-refractivity contribution in [3.05, 3.63) is 5.82 Å². The van der Waals surface area contributed by atoms with E-state index in [1.165, 1.54) is 32.1 Å². The standard InChI is InChI=1S/C14H21N5O/c1-2-10-16-11-12(17-10)18-14(15)19-13(11)20-8-9-6-4-3-5-7-9/h9H,2-8H2,1H3,(H3,15,16,17,18,19). The number of hydrogen-bond donors (Lipinski definition) is 2. The van der Waals surface area contributed by atoms with Crippen molar-refractivity contribution in [1.29, 1.82) is 0 Å². The van der Waals surface area contributed by atoms with Gasteiger partial charge in [0.1, 0.15) is 11.3 Å². The van der Waals surface area contributed by atoms with Gasteiger partial charge in [0.05, 0.1) is 6.61 Å². The highest BCUT2D eigenvalue weighted by molar-refractivity contribution is 5.77. The Morgan fingerprint density at radius 2 is 2.00 bits per heavy atom. The molecule has 0 aromatic carbocycles. The second kappa shape index (κ2) is 5.64. The number of imidazole rings is 1. The Labute approximate surface area is 118 Å². The third-order valence-corrected chi connectivity index (χ3v) is 3.90. The smallest absolute Gasteiger partial charge is 0.245 e. The number of ether oxygens (including phenoxy) is 1. The third kappa shape index (κ3) is 2.69. The molecule has 0 amide bonds. The summed E-state index contributed by atoms with van der Waals surface area (Å²) < 4.78 is 5.90. The molecule has 3 N–H and O–H groups in total. The van der Waals surface area contributed by atoms with Gasteiger partial charge in [-0.15, -0.1) is 0 Å². The number of nitrogen functional groups attached to an aromatic ring is 1. The highest BCUT2D eigenvalue weighted by Crippen LogP contribution is 2.26. The van der Waals surface area contributed by atoms with E-state index in [2.05, 4.69) is 19.9 Å². The van der Waals surface area contributed by atoms with E-state index >= 15 is 0 Å². The van der Waals surface area contributed by atoms with Crippen molar-refractivity contribution in [2.45, 2.75) is 45.4 Å². The van der Waals surface area contributed by atoms with Gasteiger partial charge in [0.25, 0.3) is 0 Å². The number of nitrogens with two attached hydrogens (primary N) is 1. The number of nitrogens with one attached hydrogen (secondary N) is 1. The molecule has 1 saturated carbocycles. The third-order valence-electron chi connectivity index (χ3n) is 3.90. The number of aryl methyl sites for hydroxylation is 1. The molecular formula is C14H21N5O. The summed E-state index contributed by atoms with van der Waals surface area (Å²) in [5.74, 6) is 2.25. The summed E-state index contributed by atoms with van der Waals surface area (Å²) >= 11 is 0. The minimum Gasteiger partial charge on any atom is -0.476 e. The number of fused-ring (bicyclic) bond motifs is 1. The molecule has 2 aromatic rings. The number of H-pyrrole nitrogens is 1. The average molecular weight is 275 g/mol. The Kier molecular flexibility index (Phi) is 3.71. The van der Waals surface area contributed by atoms with Gasteiger partial charge >= 0.3 is 0 Å². The Bertz CT molecular complexity index is 589. The fourth-order valence-corrected chi connectivity index (χ4v) is 2.76. The molecule has 0 atom stereocenters. The van der Waals surface area contributed by atoms with Gasteiger partial charge in [-0.1, -0.05) is 26.2 Å². The zero-order valence-corrected chi connectivity index (χ0v) is 11.9. The van der Waals surface area contributed by atoms with Crippen LogP contribution in [0.3, 0.4) is 0 Å². The van der Waals surface area contributed by atoms with Crippen LogP contribution in [0.1, 0.15) is 44.9 Å². The predicted molar refractivity (Wildman–Crippen MR) is 77.5 cm³/mol. The maximum Gasteiger partial charge on any atom is 0.245 e. The molecule has 0 aliphatic heterocycles. The van der Waals surface area contributed by atoms with Gasteiger partial charge in [-0.2, -0.15) is 9.97 Å². The van der Waals surface area contributed by atoms with Crippen LogP contribution in [-0.2, 0) is 6.42 Å². The molecule has 6 nitrogen and oxygen atoms in total. The summed E-state index contributed by atoms with van der Waals surface area (Å²) in [4.78, 5) is 15.9. The van der Waals surface area contributed by atoms with E-state index in [4.69, 9.17) is 10.5 Å². The maximum absolute atomic E-state index is 5.90. The molecule has 1 aliphatic rings. The van der Waals surface area contributed by atoms with E-state index in [1.54, 1.807) is 0 Å². The lowest BCUT2D eigenvalue weighted by atomic mass is 9.90. The van der Waals surface area contributed by atoms with Crippen LogP contribution in [-0.4, -0.2) is 26.5 Å². The molecule has 2 aromatic heterocycles. The quantitative estimate of drug-likeness (QED) is 0.894. The first-order valence-corrected chi connectivity index (χ1v) is 7.41. The first-order chi connectivity index (χ1) is 9.76. The molecule has 20 heavy (non-hydrogen) atoms. The highest BCUT2D eigenvalue weighted by atomic mass is 16.5. The summed E-state index contributed by atoms with van der Waals surface area (Å²) in [5, 5.41) is 0. The number of aromatic amines is 1. The SMILES string of the molecule is CCc1nc2nc(N)nc(OCC3CCCCC3)c2[nH]1. The van der Waals surface area contributed by atoms with Gasteiger partial charge in [-0.3, -0.25) is 0 Å². The van der Waals surface area contributed by atoms with E-state index in [9.17, 15) is 0 Å². The van der Waals surface area contributed by atoms with Crippen LogP contribution in [0.15, 0.2) is 0 Å². The van der Waals surface area contributed by atoms with Gasteiger partial charge in [-0.05, 0) is 18.8 Å². The lowest BCUT2D eigenvalue weighted by molar-refractivity contribution is 0.205. The van der Waals surface area contributed by atoms with Crippen LogP contribution in [0.5, 0.6) is 5.88 Å². The van der Waals surface area contributed by atoms with Gasteiger partial charge < -0.3 is 15.5 Å². The second-order valence-corrected chi connectivity index (χ2v) is 5.44. The van der Waals surface area contributed by atoms with Crippen molar-refractivity contribution < 1.29 is 4.74 Å². The van der Waals surface area contributed by atoms with E-state index in [-0.39, 0.29) is 5.95 Å². The van der Waals surface area contributed by atoms with Gasteiger partial charge in [0, 0.05) is 6.42 Å². The van der Waals surface area contributed by atoms with Gasteiger partial charge in [0.2, 0.25) is 11.8 Å². The molecule has 2 heterocycles. The zero-order chi connectivity index (χ0) is 13.9. The van der Waals surface area contributed by atoms with Gasteiger partial charge in [0.15, 0.2) is 5.65 Å². The molecule has 6 heteroatoms. The number of anilines is 1. The fraction of sp³-hybridized carbons (Fsp3) is 0.643. The van der Waals surface area contributed by atoms with Crippen molar-refractivity contribution >= 4 is 17.1 Å². The monoisotopic (exact) mass is 275 g/mol. The van der Waals surface area contributed by atoms with Crippen molar-refractivity contribution in [2.24, 2.45) is 5.92 Å². The first-order valence-electron chi connectivity index (χ1n) is 7.41. The predicted octanol–water partition coefficient (Wildman–Crippen LogP) is 2.46. The van der Waals surface area contributed by atoms with E-state index in [0.29, 0.717) is 24.1 Å². The molecule has 0 unspecified atom stereocenters. The van der Waals surface area contributed by atoms with Crippen LogP contribution < -0.4 is 10.5 Å². The van der Waals surface area contributed by atoms with Crippen molar-refractivity contribution in [3.63, 3.8) is 0 Å². The molecular weight excluding hydrogens is 254 g/mol. The lowest BCUT2D eigenvalue weighted by Crippen LogP contribution is -2.16. The van der Waals surface area contributed by atoms with Crippen molar-refractivity contribution in [3.8, 4) is 5.88 Å². The molecule has 0 bridgehead atoms. The largest absolute Gasteiger partial charge is 0.476 e. The minimum absolute atomic E-state index is 0.213. The summed E-state index contributed by atoms with van der Waals surface area (Å²) in [6.07, 6.45) is 7.26. The summed E-state index contributed by atoms with van der Waals surface area (Å²) in [6, 6.07) is 0. The van der Waals surface area contributed by atoms with Crippen LogP contribution in [0.25, 0.3) is 11.2 Å². The normalized spacial score (nSPS) is 16.6. The molecule has 0 radical (unpaired) electrons. The Morgan fingerprint density at radius 3 is 2.75 bits per heavy atom. The van der Waals surface area contributed by atoms with Crippen molar-refractivity contribution in [2.75, 3.05) is 12.3 Å². The minimum atomic E-state index is 0.213. The highest BCUT2D eigenvalue weighted by Gasteiger charge is 2.17. The lowest BCUT2D eigenvalue weighted by Gasteiger charge is -2.21. The van der Waals surface area contributed by atoms with Crippen LogP contribution in [0.2, 0.25) is 0 Å². The van der Waals surface area contributed by atoms with Crippen LogP contribution in [0.4, 0.5) is 5.95 Å². The topological polar surface area (TPSA) is 89.7 Å². The summed E-state index contributed by atoms with van der Waals surface area (Å²) in [7, 11) is 0. The Morgan fingerprint density at radius 1 is 1.20 bits per heavy atom. The Hall–Kier alpha value is -1.85. The molecule has 1 fully saturated rings. The van der Waals surface area contributed by atoms with Crippen LogP contribution in [0, 0.1) is 5.92 Å². The molecule has 0 spiro atoms. The first kappa shape index (κ1) is 13.1. The van der Waals surface area contributed by atoms with E-state index in [1.807, 2.05) is 6.92 Å². The molecule has 108 valence electrons. The number of aromatic nitrogens is 4. The second-order valence-electron chi connectivity index (χ2n) is 5.44. The zero-order valence-electron chi connectivity index (χ0n) is 11.9. The fourth-order valence-electron chi connectivity index (χ4n) is 2.76. The summed E-state index contributed by atoms with van der Waals surface area (Å²) in [6.45, 7) is 2.74. The maximum atomic E-state index is 5.90. The van der Waals surface area contributed by atoms with E-state index in [0.717, 1.165) is 17.8 Å². The number of hydrogen-bond acceptors (Lipinski definition) is 5. The van der Waals surface area contributed by atoms with Crippen LogP contribution >= 0.6 is 0 Å². The Balaban J connectivity index is 1.80. The number of rotatable bonds is 4. The average Bonchev–Trinajstić information content (AvgIpc) is 2.88. The molecule has 3 rings (SSSR count). The van der Waals surface area contributed by atoms with Gasteiger partial charge in [-0.25, -0.2) is 4.98 Å².